The summed E-state index contributed by atoms with van der Waals surface area (Å²) in [6.45, 7) is 12.4. The zero-order chi connectivity index (χ0) is 18.2. The number of hydrogen-bond donors (Lipinski definition) is 0. The third-order valence-electron chi connectivity index (χ3n) is 4.21. The van der Waals surface area contributed by atoms with Crippen molar-refractivity contribution in [1.29, 1.82) is 0 Å². The molecule has 2 aromatic rings. The molecule has 0 bridgehead atoms. The Morgan fingerprint density at radius 2 is 1.88 bits per heavy atom. The van der Waals surface area contributed by atoms with E-state index in [1.165, 1.54) is 0 Å². The Bertz CT molecular complexity index is 659. The van der Waals surface area contributed by atoms with Crippen molar-refractivity contribution in [2.45, 2.75) is 41.5 Å². The van der Waals surface area contributed by atoms with Gasteiger partial charge in [0.05, 0.1) is 5.69 Å². The summed E-state index contributed by atoms with van der Waals surface area (Å²) in [7, 11) is 0. The normalized spacial score (nSPS) is 14.2. The first kappa shape index (κ1) is 21.8. The first-order valence-corrected chi connectivity index (χ1v) is 8.98. The second-order valence-electron chi connectivity index (χ2n) is 5.97. The highest BCUT2D eigenvalue weighted by Crippen LogP contribution is 2.14. The standard InChI is InChI=1S/C17H22N4O2.C2H6.CH4/c1-13-11-16(19-23-13)5-6-20-7-9-21(10-8-20)17-4-3-15(12-18-17)14(2)22;1-2;/h3-4,11-12H,5-10H2,1-2H3;1-2H3;1H4. The molecule has 3 rings (SSSR count). The van der Waals surface area contributed by atoms with Crippen LogP contribution >= 0.6 is 0 Å². The van der Waals surface area contributed by atoms with Crippen molar-refractivity contribution in [3.05, 3.63) is 41.4 Å². The van der Waals surface area contributed by atoms with Crippen LogP contribution in [0.1, 0.15) is 50.0 Å². The Hall–Kier alpha value is -2.21. The molecule has 1 aliphatic heterocycles. The molecule has 0 saturated carbocycles. The molecule has 0 radical (unpaired) electrons. The fourth-order valence-electron chi connectivity index (χ4n) is 2.79. The van der Waals surface area contributed by atoms with E-state index in [0.717, 1.165) is 56.4 Å². The molecule has 6 heteroatoms. The minimum atomic E-state index is 0. The van der Waals surface area contributed by atoms with Crippen LogP contribution in [0, 0.1) is 6.92 Å². The SMILES string of the molecule is C.CC.CC(=O)c1ccc(N2CCN(CCc3cc(C)on3)CC2)nc1. The number of Topliss-reactive ketones (excluding diaryl/α,β-unsaturated/α-hetero) is 1. The lowest BCUT2D eigenvalue weighted by Crippen LogP contribution is -2.47. The summed E-state index contributed by atoms with van der Waals surface area (Å²) in [4.78, 5) is 20.4. The van der Waals surface area contributed by atoms with E-state index in [-0.39, 0.29) is 13.2 Å². The topological polar surface area (TPSA) is 62.5 Å². The van der Waals surface area contributed by atoms with E-state index < -0.39 is 0 Å². The van der Waals surface area contributed by atoms with Gasteiger partial charge in [-0.1, -0.05) is 26.4 Å². The fraction of sp³-hybridized carbons (Fsp3) is 0.550. The highest BCUT2D eigenvalue weighted by atomic mass is 16.5. The molecular weight excluding hydrogens is 328 g/mol. The molecule has 0 aliphatic carbocycles. The van der Waals surface area contributed by atoms with Gasteiger partial charge in [0.2, 0.25) is 0 Å². The molecule has 3 heterocycles. The van der Waals surface area contributed by atoms with Crippen LogP contribution in [0.25, 0.3) is 0 Å². The molecule has 1 aliphatic rings. The van der Waals surface area contributed by atoms with E-state index >= 15 is 0 Å². The molecule has 6 nitrogen and oxygen atoms in total. The van der Waals surface area contributed by atoms with Crippen molar-refractivity contribution < 1.29 is 9.32 Å². The number of aromatic nitrogens is 2. The molecule has 26 heavy (non-hydrogen) atoms. The van der Waals surface area contributed by atoms with E-state index in [9.17, 15) is 4.79 Å². The summed E-state index contributed by atoms with van der Waals surface area (Å²) >= 11 is 0. The Kier molecular flexibility index (Phi) is 8.99. The number of piperazine rings is 1. The molecule has 1 saturated heterocycles. The van der Waals surface area contributed by atoms with E-state index in [0.29, 0.717) is 5.56 Å². The first-order chi connectivity index (χ1) is 12.1. The van der Waals surface area contributed by atoms with Crippen LogP contribution in [0.5, 0.6) is 0 Å². The van der Waals surface area contributed by atoms with Crippen LogP contribution < -0.4 is 4.90 Å². The Labute approximate surface area is 157 Å². The number of ketones is 1. The van der Waals surface area contributed by atoms with Crippen molar-refractivity contribution in [1.82, 2.24) is 15.0 Å². The predicted molar refractivity (Wildman–Crippen MR) is 106 cm³/mol. The smallest absolute Gasteiger partial charge is 0.161 e. The number of anilines is 1. The summed E-state index contributed by atoms with van der Waals surface area (Å²) in [5.74, 6) is 1.86. The number of pyridine rings is 1. The van der Waals surface area contributed by atoms with Gasteiger partial charge in [-0.15, -0.1) is 0 Å². The maximum absolute atomic E-state index is 11.3. The summed E-state index contributed by atoms with van der Waals surface area (Å²) in [5.41, 5.74) is 1.68. The maximum Gasteiger partial charge on any atom is 0.161 e. The minimum absolute atomic E-state index is 0. The number of carbonyl (C=O) groups excluding carboxylic acids is 1. The molecule has 0 atom stereocenters. The number of rotatable bonds is 5. The van der Waals surface area contributed by atoms with E-state index in [1.807, 2.05) is 39.0 Å². The van der Waals surface area contributed by atoms with Gasteiger partial charge in [-0.25, -0.2) is 4.98 Å². The van der Waals surface area contributed by atoms with Gasteiger partial charge in [-0.3, -0.25) is 9.69 Å². The van der Waals surface area contributed by atoms with Gasteiger partial charge in [0, 0.05) is 57.0 Å². The van der Waals surface area contributed by atoms with Gasteiger partial charge in [0.25, 0.3) is 0 Å². The van der Waals surface area contributed by atoms with Crippen LogP contribution in [0.2, 0.25) is 0 Å². The maximum atomic E-state index is 11.3. The van der Waals surface area contributed by atoms with Crippen LogP contribution in [0.3, 0.4) is 0 Å². The zero-order valence-electron chi connectivity index (χ0n) is 15.7. The highest BCUT2D eigenvalue weighted by molar-refractivity contribution is 5.93. The van der Waals surface area contributed by atoms with Gasteiger partial charge in [0.15, 0.2) is 5.78 Å². The lowest BCUT2D eigenvalue weighted by atomic mass is 10.2. The van der Waals surface area contributed by atoms with Gasteiger partial charge in [0.1, 0.15) is 11.6 Å². The molecule has 0 amide bonds. The third kappa shape index (κ3) is 5.95. The second-order valence-corrected chi connectivity index (χ2v) is 5.97. The second kappa shape index (κ2) is 10.7. The molecule has 0 spiro atoms. The predicted octanol–water partition coefficient (Wildman–Crippen LogP) is 3.61. The summed E-state index contributed by atoms with van der Waals surface area (Å²) in [6.07, 6.45) is 2.58. The number of hydrogen-bond acceptors (Lipinski definition) is 6. The number of nitrogens with zero attached hydrogens (tertiary/aromatic N) is 4. The highest BCUT2D eigenvalue weighted by Gasteiger charge is 2.18. The van der Waals surface area contributed by atoms with Gasteiger partial charge >= 0.3 is 0 Å². The van der Waals surface area contributed by atoms with Gasteiger partial charge < -0.3 is 9.42 Å². The molecule has 0 aromatic carbocycles. The molecule has 2 aromatic heterocycles. The monoisotopic (exact) mass is 360 g/mol. The molecule has 0 N–H and O–H groups in total. The Morgan fingerprint density at radius 3 is 2.38 bits per heavy atom. The summed E-state index contributed by atoms with van der Waals surface area (Å²) < 4.78 is 5.10. The van der Waals surface area contributed by atoms with Crippen molar-refractivity contribution in [2.75, 3.05) is 37.6 Å². The van der Waals surface area contributed by atoms with Crippen LogP contribution in [-0.2, 0) is 6.42 Å². The van der Waals surface area contributed by atoms with Crippen molar-refractivity contribution in [3.63, 3.8) is 0 Å². The van der Waals surface area contributed by atoms with Crippen LogP contribution in [0.4, 0.5) is 5.82 Å². The fourth-order valence-corrected chi connectivity index (χ4v) is 2.79. The molecule has 1 fully saturated rings. The van der Waals surface area contributed by atoms with Crippen molar-refractivity contribution in [2.24, 2.45) is 0 Å². The van der Waals surface area contributed by atoms with Crippen LogP contribution in [-0.4, -0.2) is 53.5 Å². The van der Waals surface area contributed by atoms with Crippen molar-refractivity contribution in [3.8, 4) is 0 Å². The Morgan fingerprint density at radius 1 is 1.19 bits per heavy atom. The average molecular weight is 361 g/mol. The van der Waals surface area contributed by atoms with Crippen molar-refractivity contribution >= 4 is 11.6 Å². The first-order valence-electron chi connectivity index (χ1n) is 8.98. The van der Waals surface area contributed by atoms with Gasteiger partial charge in [-0.2, -0.15) is 0 Å². The lowest BCUT2D eigenvalue weighted by Gasteiger charge is -2.35. The van der Waals surface area contributed by atoms with E-state index in [2.05, 4.69) is 19.9 Å². The quantitative estimate of drug-likeness (QED) is 0.759. The summed E-state index contributed by atoms with van der Waals surface area (Å²) in [5, 5.41) is 4.04. The largest absolute Gasteiger partial charge is 0.361 e. The van der Waals surface area contributed by atoms with Crippen LogP contribution in [0.15, 0.2) is 28.9 Å². The molecule has 0 unspecified atom stereocenters. The van der Waals surface area contributed by atoms with E-state index in [4.69, 9.17) is 4.52 Å². The molecular formula is C20H32N4O2. The minimum Gasteiger partial charge on any atom is -0.361 e. The third-order valence-corrected chi connectivity index (χ3v) is 4.21. The molecule has 144 valence electrons. The zero-order valence-corrected chi connectivity index (χ0v) is 15.7. The number of aryl methyl sites for hydroxylation is 1. The Balaban J connectivity index is 0.00000109. The average Bonchev–Trinajstić information content (AvgIpc) is 3.07. The summed E-state index contributed by atoms with van der Waals surface area (Å²) in [6, 6.07) is 5.78. The number of carbonyl (C=O) groups is 1. The van der Waals surface area contributed by atoms with E-state index in [1.54, 1.807) is 13.1 Å². The van der Waals surface area contributed by atoms with Gasteiger partial charge in [-0.05, 0) is 26.0 Å². The lowest BCUT2D eigenvalue weighted by molar-refractivity contribution is 0.101.